The Labute approximate surface area is 135 Å². The summed E-state index contributed by atoms with van der Waals surface area (Å²) >= 11 is 0. The predicted molar refractivity (Wildman–Crippen MR) is 83.8 cm³/mol. The molecule has 1 aromatic rings. The smallest absolute Gasteiger partial charge is 0.343 e. The number of carbonyl (C=O) groups excluding carboxylic acids is 2. The summed E-state index contributed by atoms with van der Waals surface area (Å²) in [4.78, 5) is 31.9. The van der Waals surface area contributed by atoms with Gasteiger partial charge in [-0.05, 0) is 18.4 Å². The number of benzene rings is 1. The lowest BCUT2D eigenvalue weighted by atomic mass is 10.0. The molecule has 3 rings (SSSR count). The summed E-state index contributed by atoms with van der Waals surface area (Å²) in [7, 11) is 0. The lowest BCUT2D eigenvalue weighted by Gasteiger charge is -2.29. The summed E-state index contributed by atoms with van der Waals surface area (Å²) in [6.07, 6.45) is 6.52. The number of hydrogen-bond acceptors (Lipinski definition) is 3. The van der Waals surface area contributed by atoms with Crippen LogP contribution >= 0.6 is 0 Å². The monoisotopic (exact) mass is 313 g/mol. The number of amides is 3. The van der Waals surface area contributed by atoms with E-state index in [-0.39, 0.29) is 24.5 Å². The molecule has 2 aliphatic rings. The van der Waals surface area contributed by atoms with E-state index in [0.717, 1.165) is 12.0 Å². The zero-order valence-corrected chi connectivity index (χ0v) is 12.8. The van der Waals surface area contributed by atoms with E-state index < -0.39 is 6.04 Å². The summed E-state index contributed by atoms with van der Waals surface area (Å²) in [5.41, 5.74) is 1.00. The van der Waals surface area contributed by atoms with E-state index in [4.69, 9.17) is 11.3 Å². The first-order valence-corrected chi connectivity index (χ1v) is 7.68. The lowest BCUT2D eigenvalue weighted by molar-refractivity contribution is -0.140. The minimum Gasteiger partial charge on any atom is -0.343 e. The molecular formula is C17H19N3O3. The number of nitrogens with zero attached hydrogens (tertiary/aromatic N) is 2. The third-order valence-corrected chi connectivity index (χ3v) is 4.20. The number of hydrogen-bond donors (Lipinski definition) is 1. The Hall–Kier alpha value is -2.52. The van der Waals surface area contributed by atoms with Crippen molar-refractivity contribution in [2.24, 2.45) is 0 Å². The Bertz CT molecular complexity index is 626. The highest BCUT2D eigenvalue weighted by atomic mass is 16.7. The molecule has 2 aliphatic heterocycles. The molecule has 6 heteroatoms. The van der Waals surface area contributed by atoms with Gasteiger partial charge in [0.25, 0.3) is 0 Å². The Kier molecular flexibility index (Phi) is 4.49. The summed E-state index contributed by atoms with van der Waals surface area (Å²) in [5, 5.41) is 4.07. The van der Waals surface area contributed by atoms with E-state index in [1.807, 2.05) is 30.3 Å². The van der Waals surface area contributed by atoms with Crippen LogP contribution in [0.4, 0.5) is 4.79 Å². The molecule has 2 fully saturated rings. The molecule has 2 heterocycles. The number of nitrogens with one attached hydrogen (secondary N) is 1. The van der Waals surface area contributed by atoms with Gasteiger partial charge in [0.05, 0.1) is 12.6 Å². The van der Waals surface area contributed by atoms with Crippen LogP contribution in [0.1, 0.15) is 18.4 Å². The molecule has 1 N–H and O–H groups in total. The standard InChI is InChI=1S/C17H19N3O3/c1-2-10-18-16(21)15-9-8-14-11-19(15)17(22)20(14)23-12-13-6-4-3-5-7-13/h1,3-7,14-15H,8-12H2,(H,18,21)/t14-,15-/m0/s1. The predicted octanol–water partition coefficient (Wildman–Crippen LogP) is 1.14. The van der Waals surface area contributed by atoms with Crippen molar-refractivity contribution in [1.29, 1.82) is 0 Å². The number of hydroxylamine groups is 2. The number of fused-ring (bicyclic) bond motifs is 2. The molecule has 1 aromatic carbocycles. The van der Waals surface area contributed by atoms with Crippen molar-refractivity contribution in [3.63, 3.8) is 0 Å². The van der Waals surface area contributed by atoms with Gasteiger partial charge in [-0.25, -0.2) is 4.79 Å². The molecule has 2 atom stereocenters. The van der Waals surface area contributed by atoms with Crippen LogP contribution in [-0.2, 0) is 16.2 Å². The Morgan fingerprint density at radius 1 is 1.35 bits per heavy atom. The summed E-state index contributed by atoms with van der Waals surface area (Å²) in [6.45, 7) is 1.03. The second-order valence-corrected chi connectivity index (χ2v) is 5.69. The van der Waals surface area contributed by atoms with Crippen molar-refractivity contribution < 1.29 is 14.4 Å². The molecule has 0 saturated carbocycles. The molecule has 0 radical (unpaired) electrons. The van der Waals surface area contributed by atoms with Gasteiger partial charge in [0, 0.05) is 6.54 Å². The second kappa shape index (κ2) is 6.71. The van der Waals surface area contributed by atoms with E-state index in [1.165, 1.54) is 5.06 Å². The highest BCUT2D eigenvalue weighted by Crippen LogP contribution is 2.30. The van der Waals surface area contributed by atoms with Gasteiger partial charge in [0.1, 0.15) is 12.6 Å². The van der Waals surface area contributed by atoms with Crippen molar-refractivity contribution in [1.82, 2.24) is 15.3 Å². The Morgan fingerprint density at radius 2 is 2.13 bits per heavy atom. The normalized spacial score (nSPS) is 22.8. The zero-order valence-electron chi connectivity index (χ0n) is 12.8. The average Bonchev–Trinajstić information content (AvgIpc) is 2.83. The Morgan fingerprint density at radius 3 is 2.87 bits per heavy atom. The van der Waals surface area contributed by atoms with Crippen LogP contribution in [0.2, 0.25) is 0 Å². The van der Waals surface area contributed by atoms with Gasteiger partial charge in [-0.15, -0.1) is 6.42 Å². The van der Waals surface area contributed by atoms with Crippen LogP contribution in [0.3, 0.4) is 0 Å². The lowest BCUT2D eigenvalue weighted by Crippen LogP contribution is -2.49. The third-order valence-electron chi connectivity index (χ3n) is 4.20. The van der Waals surface area contributed by atoms with Crippen molar-refractivity contribution in [3.05, 3.63) is 35.9 Å². The largest absolute Gasteiger partial charge is 0.345 e. The van der Waals surface area contributed by atoms with E-state index in [0.29, 0.717) is 19.6 Å². The van der Waals surface area contributed by atoms with Crippen LogP contribution in [0, 0.1) is 12.3 Å². The van der Waals surface area contributed by atoms with Crippen molar-refractivity contribution >= 4 is 11.9 Å². The van der Waals surface area contributed by atoms with Gasteiger partial charge >= 0.3 is 6.03 Å². The van der Waals surface area contributed by atoms with Crippen LogP contribution in [-0.4, -0.2) is 47.1 Å². The fraction of sp³-hybridized carbons (Fsp3) is 0.412. The van der Waals surface area contributed by atoms with Crippen molar-refractivity contribution in [2.45, 2.75) is 31.5 Å². The topological polar surface area (TPSA) is 61.9 Å². The zero-order chi connectivity index (χ0) is 16.2. The number of rotatable bonds is 5. The van der Waals surface area contributed by atoms with E-state index in [2.05, 4.69) is 11.2 Å². The van der Waals surface area contributed by atoms with Crippen molar-refractivity contribution in [2.75, 3.05) is 13.1 Å². The van der Waals surface area contributed by atoms with Gasteiger partial charge in [0.2, 0.25) is 5.91 Å². The summed E-state index contributed by atoms with van der Waals surface area (Å²) in [6, 6.07) is 8.98. The highest BCUT2D eigenvalue weighted by Gasteiger charge is 2.47. The van der Waals surface area contributed by atoms with Gasteiger partial charge in [-0.1, -0.05) is 36.3 Å². The average molecular weight is 313 g/mol. The summed E-state index contributed by atoms with van der Waals surface area (Å²) in [5.74, 6) is 2.17. The molecular weight excluding hydrogens is 294 g/mol. The molecule has 2 saturated heterocycles. The fourth-order valence-corrected chi connectivity index (χ4v) is 3.04. The minimum atomic E-state index is -0.461. The first kappa shape index (κ1) is 15.4. The number of urea groups is 1. The SMILES string of the molecule is C#CCNC(=O)[C@@H]1CC[C@H]2CN1C(=O)N2OCc1ccccc1. The molecule has 0 unspecified atom stereocenters. The molecule has 2 bridgehead atoms. The van der Waals surface area contributed by atoms with Crippen LogP contribution in [0.15, 0.2) is 30.3 Å². The maximum absolute atomic E-state index is 12.5. The third kappa shape index (κ3) is 3.15. The molecule has 0 spiro atoms. The number of carbonyl (C=O) groups is 2. The summed E-state index contributed by atoms with van der Waals surface area (Å²) < 4.78 is 0. The molecule has 120 valence electrons. The quantitative estimate of drug-likeness (QED) is 0.829. The molecule has 3 amide bonds. The maximum Gasteiger partial charge on any atom is 0.345 e. The van der Waals surface area contributed by atoms with Gasteiger partial charge in [0.15, 0.2) is 0 Å². The molecule has 6 nitrogen and oxygen atoms in total. The van der Waals surface area contributed by atoms with E-state index in [1.54, 1.807) is 4.90 Å². The van der Waals surface area contributed by atoms with Crippen LogP contribution < -0.4 is 5.32 Å². The van der Waals surface area contributed by atoms with E-state index in [9.17, 15) is 9.59 Å². The molecule has 23 heavy (non-hydrogen) atoms. The van der Waals surface area contributed by atoms with Gasteiger partial charge in [-0.3, -0.25) is 9.63 Å². The molecule has 0 aromatic heterocycles. The maximum atomic E-state index is 12.5. The highest BCUT2D eigenvalue weighted by molar-refractivity contribution is 5.88. The fourth-order valence-electron chi connectivity index (χ4n) is 3.04. The Balaban J connectivity index is 1.62. The molecule has 0 aliphatic carbocycles. The van der Waals surface area contributed by atoms with Gasteiger partial charge in [-0.2, -0.15) is 5.06 Å². The second-order valence-electron chi connectivity index (χ2n) is 5.69. The number of terminal acetylenes is 1. The first-order valence-electron chi connectivity index (χ1n) is 7.68. The first-order chi connectivity index (χ1) is 11.2. The van der Waals surface area contributed by atoms with Crippen LogP contribution in [0.5, 0.6) is 0 Å². The minimum absolute atomic E-state index is 0.00268. The van der Waals surface area contributed by atoms with Crippen LogP contribution in [0.25, 0.3) is 0 Å². The van der Waals surface area contributed by atoms with Crippen molar-refractivity contribution in [3.8, 4) is 12.3 Å². The van der Waals surface area contributed by atoms with E-state index >= 15 is 0 Å². The number of piperidine rings is 1. The van der Waals surface area contributed by atoms with Gasteiger partial charge < -0.3 is 10.2 Å².